The van der Waals surface area contributed by atoms with Crippen molar-refractivity contribution < 1.29 is 9.90 Å². The van der Waals surface area contributed by atoms with Gasteiger partial charge in [0.25, 0.3) is 0 Å². The van der Waals surface area contributed by atoms with E-state index in [2.05, 4.69) is 0 Å². The van der Waals surface area contributed by atoms with Gasteiger partial charge in [-0.1, -0.05) is 25.7 Å². The summed E-state index contributed by atoms with van der Waals surface area (Å²) in [6.45, 7) is 0. The Bertz CT molecular complexity index is 200. The molecule has 0 aliphatic heterocycles. The van der Waals surface area contributed by atoms with E-state index >= 15 is 0 Å². The van der Waals surface area contributed by atoms with E-state index in [4.69, 9.17) is 5.11 Å². The maximum absolute atomic E-state index is 10.6. The van der Waals surface area contributed by atoms with Crippen molar-refractivity contribution in [2.75, 3.05) is 0 Å². The van der Waals surface area contributed by atoms with Crippen LogP contribution in [0, 0.1) is 11.3 Å². The second-order valence-corrected chi connectivity index (χ2v) is 4.93. The third-order valence-corrected chi connectivity index (χ3v) is 3.68. The fourth-order valence-corrected chi connectivity index (χ4v) is 2.78. The normalized spacial score (nSPS) is 26.2. The monoisotopic (exact) mass is 182 g/mol. The van der Waals surface area contributed by atoms with Crippen LogP contribution in [0.2, 0.25) is 0 Å². The molecule has 0 radical (unpaired) electrons. The zero-order chi connectivity index (χ0) is 9.31. The molecule has 2 nitrogen and oxygen atoms in total. The standard InChI is InChI=1S/C11H18O2/c12-10(13)8-11(5-6-11)7-9-3-1-2-4-9/h9H,1-8H2,(H,12,13). The highest BCUT2D eigenvalue weighted by Gasteiger charge is 2.45. The first-order chi connectivity index (χ1) is 6.20. The summed E-state index contributed by atoms with van der Waals surface area (Å²) in [6.07, 6.45) is 9.37. The van der Waals surface area contributed by atoms with Crippen LogP contribution < -0.4 is 0 Å². The van der Waals surface area contributed by atoms with E-state index in [0.717, 1.165) is 18.8 Å². The van der Waals surface area contributed by atoms with Crippen LogP contribution in [-0.2, 0) is 4.79 Å². The van der Waals surface area contributed by atoms with Gasteiger partial charge in [0.1, 0.15) is 0 Å². The molecule has 0 heterocycles. The van der Waals surface area contributed by atoms with Crippen LogP contribution in [0.5, 0.6) is 0 Å². The lowest BCUT2D eigenvalue weighted by Gasteiger charge is -2.17. The molecular formula is C11H18O2. The van der Waals surface area contributed by atoms with Crippen molar-refractivity contribution >= 4 is 5.97 Å². The molecule has 0 spiro atoms. The van der Waals surface area contributed by atoms with Gasteiger partial charge in [-0.25, -0.2) is 0 Å². The van der Waals surface area contributed by atoms with E-state index in [1.54, 1.807) is 0 Å². The Hall–Kier alpha value is -0.530. The fourth-order valence-electron chi connectivity index (χ4n) is 2.78. The second kappa shape index (κ2) is 3.32. The zero-order valence-corrected chi connectivity index (χ0v) is 8.09. The van der Waals surface area contributed by atoms with Crippen LogP contribution >= 0.6 is 0 Å². The molecule has 0 saturated heterocycles. The first-order valence-electron chi connectivity index (χ1n) is 5.42. The van der Waals surface area contributed by atoms with Gasteiger partial charge in [-0.3, -0.25) is 4.79 Å². The topological polar surface area (TPSA) is 37.3 Å². The first kappa shape index (κ1) is 9.04. The fraction of sp³-hybridized carbons (Fsp3) is 0.909. The quantitative estimate of drug-likeness (QED) is 0.725. The summed E-state index contributed by atoms with van der Waals surface area (Å²) in [6, 6.07) is 0. The maximum Gasteiger partial charge on any atom is 0.303 e. The highest BCUT2D eigenvalue weighted by atomic mass is 16.4. The number of aliphatic carboxylic acids is 1. The molecule has 1 N–H and O–H groups in total. The Labute approximate surface area is 79.3 Å². The van der Waals surface area contributed by atoms with E-state index in [1.807, 2.05) is 0 Å². The average Bonchev–Trinajstić information content (AvgIpc) is 2.61. The average molecular weight is 182 g/mol. The number of carbonyl (C=O) groups is 1. The van der Waals surface area contributed by atoms with Gasteiger partial charge in [0.05, 0.1) is 6.42 Å². The van der Waals surface area contributed by atoms with Crippen molar-refractivity contribution in [3.05, 3.63) is 0 Å². The van der Waals surface area contributed by atoms with E-state index in [1.165, 1.54) is 32.1 Å². The second-order valence-electron chi connectivity index (χ2n) is 4.93. The first-order valence-corrected chi connectivity index (χ1v) is 5.42. The highest BCUT2D eigenvalue weighted by Crippen LogP contribution is 2.55. The third kappa shape index (κ3) is 2.23. The van der Waals surface area contributed by atoms with Crippen LogP contribution in [-0.4, -0.2) is 11.1 Å². The molecule has 74 valence electrons. The summed E-state index contributed by atoms with van der Waals surface area (Å²) in [4.78, 5) is 10.6. The van der Waals surface area contributed by atoms with Gasteiger partial charge in [-0.2, -0.15) is 0 Å². The SMILES string of the molecule is O=C(O)CC1(CC2CCCC2)CC1. The highest BCUT2D eigenvalue weighted by molar-refractivity contribution is 5.68. The summed E-state index contributed by atoms with van der Waals surface area (Å²) in [5, 5.41) is 8.76. The van der Waals surface area contributed by atoms with Gasteiger partial charge >= 0.3 is 5.97 Å². The third-order valence-electron chi connectivity index (χ3n) is 3.68. The lowest BCUT2D eigenvalue weighted by atomic mass is 9.88. The minimum absolute atomic E-state index is 0.237. The Morgan fingerprint density at radius 1 is 1.31 bits per heavy atom. The van der Waals surface area contributed by atoms with Crippen molar-refractivity contribution in [2.45, 2.75) is 51.4 Å². The van der Waals surface area contributed by atoms with Gasteiger partial charge in [0.2, 0.25) is 0 Å². The lowest BCUT2D eigenvalue weighted by Crippen LogP contribution is -2.12. The Morgan fingerprint density at radius 3 is 2.38 bits per heavy atom. The smallest absolute Gasteiger partial charge is 0.303 e. The molecule has 2 fully saturated rings. The van der Waals surface area contributed by atoms with Gasteiger partial charge < -0.3 is 5.11 Å². The van der Waals surface area contributed by atoms with Crippen LogP contribution in [0.15, 0.2) is 0 Å². The zero-order valence-electron chi connectivity index (χ0n) is 8.09. The number of rotatable bonds is 4. The predicted octanol–water partition coefficient (Wildman–Crippen LogP) is 2.82. The van der Waals surface area contributed by atoms with Crippen molar-refractivity contribution in [1.82, 2.24) is 0 Å². The van der Waals surface area contributed by atoms with Crippen molar-refractivity contribution in [3.63, 3.8) is 0 Å². The van der Waals surface area contributed by atoms with E-state index < -0.39 is 5.97 Å². The molecule has 2 heteroatoms. The number of carboxylic acids is 1. The van der Waals surface area contributed by atoms with Gasteiger partial charge in [-0.05, 0) is 30.6 Å². The minimum atomic E-state index is -0.601. The van der Waals surface area contributed by atoms with Gasteiger partial charge in [-0.15, -0.1) is 0 Å². The van der Waals surface area contributed by atoms with E-state index in [0.29, 0.717) is 6.42 Å². The molecular weight excluding hydrogens is 164 g/mol. The molecule has 2 rings (SSSR count). The Morgan fingerprint density at radius 2 is 1.92 bits per heavy atom. The van der Waals surface area contributed by atoms with Crippen molar-refractivity contribution in [2.24, 2.45) is 11.3 Å². The van der Waals surface area contributed by atoms with Crippen LogP contribution in [0.1, 0.15) is 51.4 Å². The summed E-state index contributed by atoms with van der Waals surface area (Å²) in [5.41, 5.74) is 0.237. The molecule has 0 atom stereocenters. The molecule has 0 bridgehead atoms. The summed E-state index contributed by atoms with van der Waals surface area (Å²) in [7, 11) is 0. The molecule has 13 heavy (non-hydrogen) atoms. The summed E-state index contributed by atoms with van der Waals surface area (Å²) in [5.74, 6) is 0.248. The van der Waals surface area contributed by atoms with Gasteiger partial charge in [0, 0.05) is 0 Å². The lowest BCUT2D eigenvalue weighted by molar-refractivity contribution is -0.138. The van der Waals surface area contributed by atoms with Crippen LogP contribution in [0.3, 0.4) is 0 Å². The van der Waals surface area contributed by atoms with Crippen molar-refractivity contribution in [1.29, 1.82) is 0 Å². The van der Waals surface area contributed by atoms with Crippen molar-refractivity contribution in [3.8, 4) is 0 Å². The molecule has 2 aliphatic carbocycles. The minimum Gasteiger partial charge on any atom is -0.481 e. The predicted molar refractivity (Wildman–Crippen MR) is 50.5 cm³/mol. The molecule has 0 aromatic heterocycles. The van der Waals surface area contributed by atoms with Gasteiger partial charge in [0.15, 0.2) is 0 Å². The molecule has 2 saturated carbocycles. The van der Waals surface area contributed by atoms with Crippen LogP contribution in [0.25, 0.3) is 0 Å². The van der Waals surface area contributed by atoms with Crippen LogP contribution in [0.4, 0.5) is 0 Å². The number of hydrogen-bond donors (Lipinski definition) is 1. The molecule has 0 unspecified atom stereocenters. The molecule has 2 aliphatic rings. The largest absolute Gasteiger partial charge is 0.481 e. The van der Waals surface area contributed by atoms with E-state index in [9.17, 15) is 4.79 Å². The molecule has 0 aromatic carbocycles. The number of hydrogen-bond acceptors (Lipinski definition) is 1. The number of carboxylic acid groups (broad SMARTS) is 1. The molecule has 0 aromatic rings. The Kier molecular flexibility index (Phi) is 2.31. The Balaban J connectivity index is 1.82. The summed E-state index contributed by atoms with van der Waals surface area (Å²) >= 11 is 0. The maximum atomic E-state index is 10.6. The molecule has 0 amide bonds. The van der Waals surface area contributed by atoms with E-state index in [-0.39, 0.29) is 5.41 Å². The summed E-state index contributed by atoms with van der Waals surface area (Å²) < 4.78 is 0.